The minimum Gasteiger partial charge on any atom is -0.508 e. The molecular formula is C28H36F3N9O3S. The van der Waals surface area contributed by atoms with Crippen molar-refractivity contribution in [2.45, 2.75) is 81.3 Å². The van der Waals surface area contributed by atoms with E-state index in [1.165, 1.54) is 0 Å². The van der Waals surface area contributed by atoms with E-state index in [9.17, 15) is 28.5 Å². The van der Waals surface area contributed by atoms with Crippen LogP contribution in [0, 0.1) is 0 Å². The van der Waals surface area contributed by atoms with E-state index in [4.69, 9.17) is 0 Å². The zero-order valence-corrected chi connectivity index (χ0v) is 25.5. The number of aliphatic hydroxyl groups excluding tert-OH is 2. The Morgan fingerprint density at radius 2 is 1.93 bits per heavy atom. The third kappa shape index (κ3) is 5.10. The molecule has 0 radical (unpaired) electrons. The van der Waals surface area contributed by atoms with Crippen molar-refractivity contribution >= 4 is 23.4 Å². The molecule has 6 rings (SSSR count). The Labute approximate surface area is 256 Å². The van der Waals surface area contributed by atoms with Crippen LogP contribution in [0.4, 0.5) is 19.0 Å². The Morgan fingerprint density at radius 1 is 1.20 bits per heavy atom. The van der Waals surface area contributed by atoms with Gasteiger partial charge in [-0.3, -0.25) is 14.5 Å². The van der Waals surface area contributed by atoms with E-state index in [1.807, 2.05) is 15.7 Å². The number of anilines is 1. The fourth-order valence-corrected chi connectivity index (χ4v) is 6.96. The van der Waals surface area contributed by atoms with Crippen molar-refractivity contribution in [3.05, 3.63) is 41.4 Å². The number of allylic oxidation sites excluding steroid dienone is 1. The minimum atomic E-state index is -4.49. The monoisotopic (exact) mass is 635 g/mol. The molecule has 1 aliphatic carbocycles. The number of aliphatic imine (C=N–C) groups is 1. The molecular weight excluding hydrogens is 599 g/mol. The van der Waals surface area contributed by atoms with Crippen LogP contribution in [0.15, 0.2) is 40.7 Å². The number of aliphatic hydroxyl groups is 3. The van der Waals surface area contributed by atoms with E-state index in [2.05, 4.69) is 30.5 Å². The van der Waals surface area contributed by atoms with E-state index in [1.54, 1.807) is 31.8 Å². The maximum absolute atomic E-state index is 13.5. The number of likely N-dealkylation sites (tertiary alicyclic amines) is 1. The Balaban J connectivity index is 1.39. The third-order valence-corrected chi connectivity index (χ3v) is 10.1. The predicted molar refractivity (Wildman–Crippen MR) is 158 cm³/mol. The average molecular weight is 636 g/mol. The lowest BCUT2D eigenvalue weighted by Crippen LogP contribution is -2.73. The summed E-state index contributed by atoms with van der Waals surface area (Å²) in [5.41, 5.74) is -2.20. The molecule has 2 aliphatic heterocycles. The summed E-state index contributed by atoms with van der Waals surface area (Å²) in [6.07, 6.45) is 4.74. The van der Waals surface area contributed by atoms with Gasteiger partial charge in [0.2, 0.25) is 0 Å². The van der Waals surface area contributed by atoms with Crippen LogP contribution in [0.5, 0.6) is 0 Å². The van der Waals surface area contributed by atoms with E-state index in [0.29, 0.717) is 43.4 Å². The van der Waals surface area contributed by atoms with Crippen LogP contribution in [0.25, 0.3) is 10.8 Å². The maximum Gasteiger partial charge on any atom is 0.408 e. The maximum atomic E-state index is 13.5. The third-order valence-electron chi connectivity index (χ3n) is 9.29. The van der Waals surface area contributed by atoms with Crippen molar-refractivity contribution < 1.29 is 28.5 Å². The van der Waals surface area contributed by atoms with Crippen molar-refractivity contribution in [1.82, 2.24) is 34.2 Å². The summed E-state index contributed by atoms with van der Waals surface area (Å²) < 4.78 is 43.2. The molecule has 0 bridgehead atoms. The number of imidazole rings is 1. The number of halogens is 3. The first-order valence-corrected chi connectivity index (χ1v) is 15.4. The Kier molecular flexibility index (Phi) is 7.62. The smallest absolute Gasteiger partial charge is 0.408 e. The number of nitrogens with one attached hydrogen (secondary N) is 1. The highest BCUT2D eigenvalue weighted by molar-refractivity contribution is 7.13. The zero-order valence-electron chi connectivity index (χ0n) is 24.7. The van der Waals surface area contributed by atoms with Gasteiger partial charge in [0, 0.05) is 43.3 Å². The number of aromatic nitrogens is 6. The molecule has 16 heteroatoms. The van der Waals surface area contributed by atoms with Crippen molar-refractivity contribution in [3.63, 3.8) is 0 Å². The van der Waals surface area contributed by atoms with Crippen LogP contribution < -0.4 is 5.32 Å². The van der Waals surface area contributed by atoms with Gasteiger partial charge in [0.05, 0.1) is 29.9 Å². The summed E-state index contributed by atoms with van der Waals surface area (Å²) in [7, 11) is 0. The molecule has 2 unspecified atom stereocenters. The highest BCUT2D eigenvalue weighted by Gasteiger charge is 2.61. The van der Waals surface area contributed by atoms with Crippen molar-refractivity contribution in [2.75, 3.05) is 31.6 Å². The molecule has 0 spiro atoms. The molecule has 5 heterocycles. The van der Waals surface area contributed by atoms with Gasteiger partial charge in [-0.05, 0) is 46.5 Å². The van der Waals surface area contributed by atoms with Crippen LogP contribution in [0.1, 0.15) is 64.1 Å². The Bertz CT molecular complexity index is 1570. The molecule has 44 heavy (non-hydrogen) atoms. The molecule has 0 amide bonds. The van der Waals surface area contributed by atoms with Gasteiger partial charge in [0.1, 0.15) is 35.0 Å². The number of thiazole rings is 1. The summed E-state index contributed by atoms with van der Waals surface area (Å²) in [6.45, 7) is 4.99. The first kappa shape index (κ1) is 30.7. The molecule has 1 saturated carbocycles. The van der Waals surface area contributed by atoms with Crippen LogP contribution in [-0.2, 0) is 5.54 Å². The molecule has 2 fully saturated rings. The molecule has 3 aromatic heterocycles. The fraction of sp³-hybridized carbons (Fsp3) is 0.607. The van der Waals surface area contributed by atoms with E-state index in [0.717, 1.165) is 47.7 Å². The molecule has 0 aromatic carbocycles. The Hall–Kier alpha value is -3.34. The average Bonchev–Trinajstić information content (AvgIpc) is 3.35. The highest BCUT2D eigenvalue weighted by Crippen LogP contribution is 2.47. The second kappa shape index (κ2) is 10.9. The first-order valence-electron chi connectivity index (χ1n) is 14.6. The Morgan fingerprint density at radius 3 is 2.59 bits per heavy atom. The number of rotatable bonds is 9. The fourth-order valence-electron chi connectivity index (χ4n) is 6.20. The largest absolute Gasteiger partial charge is 0.508 e. The van der Waals surface area contributed by atoms with Gasteiger partial charge in [0.25, 0.3) is 0 Å². The molecule has 238 valence electrons. The van der Waals surface area contributed by atoms with Gasteiger partial charge in [-0.1, -0.05) is 0 Å². The summed E-state index contributed by atoms with van der Waals surface area (Å²) in [6, 6.07) is -1.85. The first-order chi connectivity index (χ1) is 20.8. The summed E-state index contributed by atoms with van der Waals surface area (Å²) in [4.78, 5) is 15.8. The van der Waals surface area contributed by atoms with Crippen LogP contribution in [0.3, 0.4) is 0 Å². The molecule has 3 aliphatic rings. The van der Waals surface area contributed by atoms with Crippen molar-refractivity contribution in [2.24, 2.45) is 4.99 Å². The van der Waals surface area contributed by atoms with Crippen LogP contribution >= 0.6 is 11.3 Å². The van der Waals surface area contributed by atoms with Gasteiger partial charge in [-0.15, -0.1) is 21.5 Å². The predicted octanol–water partition coefficient (Wildman–Crippen LogP) is 3.86. The van der Waals surface area contributed by atoms with Gasteiger partial charge in [0.15, 0.2) is 10.8 Å². The van der Waals surface area contributed by atoms with Crippen molar-refractivity contribution in [3.8, 4) is 10.8 Å². The lowest BCUT2D eigenvalue weighted by molar-refractivity contribution is -0.162. The number of nitrogens with zero attached hydrogens (tertiary/aromatic N) is 8. The number of piperidine rings is 1. The van der Waals surface area contributed by atoms with Crippen LogP contribution in [0.2, 0.25) is 0 Å². The lowest BCUT2D eigenvalue weighted by Gasteiger charge is -2.56. The number of hydrogen-bond acceptors (Lipinski definition) is 11. The molecule has 3 atom stereocenters. The normalized spacial score (nSPS) is 26.7. The lowest BCUT2D eigenvalue weighted by atomic mass is 9.71. The molecule has 3 aromatic rings. The summed E-state index contributed by atoms with van der Waals surface area (Å²) in [5.74, 6) is 0.604. The minimum absolute atomic E-state index is 0.0141. The van der Waals surface area contributed by atoms with Crippen LogP contribution in [-0.4, -0.2) is 99.3 Å². The highest BCUT2D eigenvalue weighted by atomic mass is 32.1. The van der Waals surface area contributed by atoms with Gasteiger partial charge in [-0.2, -0.15) is 13.2 Å². The number of hydrogen-bond donors (Lipinski definition) is 4. The molecule has 12 nitrogen and oxygen atoms in total. The van der Waals surface area contributed by atoms with Gasteiger partial charge in [-0.25, -0.2) is 9.97 Å². The topological polar surface area (TPSA) is 150 Å². The van der Waals surface area contributed by atoms with Gasteiger partial charge >= 0.3 is 6.18 Å². The van der Waals surface area contributed by atoms with E-state index >= 15 is 0 Å². The summed E-state index contributed by atoms with van der Waals surface area (Å²) >= 11 is 1.11. The number of alkyl halides is 3. The summed E-state index contributed by atoms with van der Waals surface area (Å²) in [5, 5.41) is 46.6. The van der Waals surface area contributed by atoms with Crippen molar-refractivity contribution in [1.29, 1.82) is 0 Å². The zero-order chi connectivity index (χ0) is 31.5. The standard InChI is InChI=1S/C28H36F3N9O3S/c1-17-22(42)27(39-10-20(34-15-39)19-4-5-19,26(14-41,12-32-17)38-8-6-25(3,43)7-9-38)13-33-21-11-44-24(36-21)23-37-35-16-40(23)18(2)28(29,30)31/h10-12,15-16,18-19,33,41-43H,4-9,13-14H2,1-3H3/t18?,26?,27-/m1/s1. The van der Waals surface area contributed by atoms with E-state index in [-0.39, 0.29) is 23.1 Å². The molecule has 1 saturated heterocycles. The SMILES string of the molecule is CC1=C(O)[C@@](CNc2csc(-c3nncn3C(C)C(F)(F)F)n2)(n2cnc(C3CC3)c2)C(CO)(N2CCC(C)(O)CC2)C=N1. The quantitative estimate of drug-likeness (QED) is 0.275. The second-order valence-electron chi connectivity index (χ2n) is 12.3. The second-order valence-corrected chi connectivity index (χ2v) is 13.1. The molecule has 4 N–H and O–H groups in total. The van der Waals surface area contributed by atoms with E-state index < -0.39 is 35.5 Å². The van der Waals surface area contributed by atoms with Gasteiger partial charge < -0.3 is 25.2 Å².